The summed E-state index contributed by atoms with van der Waals surface area (Å²) in [5.74, 6) is 0.160. The van der Waals surface area contributed by atoms with E-state index in [1.54, 1.807) is 11.0 Å². The average molecular weight is 270 g/mol. The Labute approximate surface area is 111 Å². The van der Waals surface area contributed by atoms with E-state index in [2.05, 4.69) is 4.98 Å². The quantitative estimate of drug-likeness (QED) is 0.885. The summed E-state index contributed by atoms with van der Waals surface area (Å²) >= 11 is 5.87. The molecule has 1 fully saturated rings. The van der Waals surface area contributed by atoms with Gasteiger partial charge in [-0.25, -0.2) is 4.98 Å². The minimum Gasteiger partial charge on any atom is -0.382 e. The maximum Gasteiger partial charge on any atom is 0.255 e. The van der Waals surface area contributed by atoms with Crippen molar-refractivity contribution in [2.24, 2.45) is 0 Å². The van der Waals surface area contributed by atoms with Gasteiger partial charge in [-0.2, -0.15) is 0 Å². The van der Waals surface area contributed by atoms with Crippen molar-refractivity contribution >= 4 is 23.3 Å². The lowest BCUT2D eigenvalue weighted by Crippen LogP contribution is -2.45. The Bertz CT molecular complexity index is 453. The molecule has 1 saturated heterocycles. The van der Waals surface area contributed by atoms with Crippen LogP contribution in [0.4, 0.5) is 5.82 Å². The van der Waals surface area contributed by atoms with E-state index in [4.69, 9.17) is 22.1 Å². The molecule has 1 atom stereocenters. The Kier molecular flexibility index (Phi) is 4.04. The molecule has 0 bridgehead atoms. The first-order valence-corrected chi connectivity index (χ1v) is 6.31. The Balaban J connectivity index is 2.12. The third-order valence-electron chi connectivity index (χ3n) is 3.00. The number of rotatable bonds is 2. The average Bonchev–Trinajstić information content (AvgIpc) is 2.41. The van der Waals surface area contributed by atoms with E-state index in [0.717, 1.165) is 6.42 Å². The SMILES string of the molecule is CCC1CN(C(=O)c2cnc(N)c(Cl)c2)CCO1. The van der Waals surface area contributed by atoms with Crippen LogP contribution in [0.1, 0.15) is 23.7 Å². The number of anilines is 1. The molecular weight excluding hydrogens is 254 g/mol. The number of hydrogen-bond donors (Lipinski definition) is 1. The second-order valence-electron chi connectivity index (χ2n) is 4.24. The van der Waals surface area contributed by atoms with Crippen LogP contribution in [0.25, 0.3) is 0 Å². The first kappa shape index (κ1) is 13.1. The summed E-state index contributed by atoms with van der Waals surface area (Å²) in [5, 5.41) is 0.307. The molecule has 0 aromatic carbocycles. The van der Waals surface area contributed by atoms with Crippen LogP contribution in [0.15, 0.2) is 12.3 Å². The Hall–Kier alpha value is -1.33. The van der Waals surface area contributed by atoms with Crippen molar-refractivity contribution in [1.29, 1.82) is 0 Å². The zero-order chi connectivity index (χ0) is 13.1. The summed E-state index contributed by atoms with van der Waals surface area (Å²) in [6.45, 7) is 3.81. The molecule has 1 aliphatic heterocycles. The zero-order valence-electron chi connectivity index (χ0n) is 10.2. The van der Waals surface area contributed by atoms with Crippen LogP contribution in [-0.2, 0) is 4.74 Å². The summed E-state index contributed by atoms with van der Waals surface area (Å²) in [7, 11) is 0. The topological polar surface area (TPSA) is 68.5 Å². The summed E-state index contributed by atoms with van der Waals surface area (Å²) in [6.07, 6.45) is 2.46. The highest BCUT2D eigenvalue weighted by Crippen LogP contribution is 2.19. The normalized spacial score (nSPS) is 19.9. The number of pyridine rings is 1. The fourth-order valence-corrected chi connectivity index (χ4v) is 2.07. The molecule has 0 aliphatic carbocycles. The summed E-state index contributed by atoms with van der Waals surface area (Å²) < 4.78 is 5.53. The van der Waals surface area contributed by atoms with Crippen LogP contribution in [0.5, 0.6) is 0 Å². The van der Waals surface area contributed by atoms with Crippen molar-refractivity contribution in [3.05, 3.63) is 22.8 Å². The number of morpholine rings is 1. The molecule has 1 aromatic rings. The predicted molar refractivity (Wildman–Crippen MR) is 69.6 cm³/mol. The maximum atomic E-state index is 12.3. The molecular formula is C12H16ClN3O2. The highest BCUT2D eigenvalue weighted by Gasteiger charge is 2.24. The van der Waals surface area contributed by atoms with Gasteiger partial charge in [0, 0.05) is 19.3 Å². The number of halogens is 1. The molecule has 2 N–H and O–H groups in total. The molecule has 1 amide bonds. The first-order chi connectivity index (χ1) is 8.61. The second kappa shape index (κ2) is 5.54. The zero-order valence-corrected chi connectivity index (χ0v) is 11.0. The van der Waals surface area contributed by atoms with Crippen molar-refractivity contribution in [2.75, 3.05) is 25.4 Å². The number of nitrogens with two attached hydrogens (primary N) is 1. The van der Waals surface area contributed by atoms with Gasteiger partial charge >= 0.3 is 0 Å². The van der Waals surface area contributed by atoms with E-state index >= 15 is 0 Å². The van der Waals surface area contributed by atoms with E-state index in [1.165, 1.54) is 6.20 Å². The van der Waals surface area contributed by atoms with Crippen molar-refractivity contribution < 1.29 is 9.53 Å². The number of aromatic nitrogens is 1. The van der Waals surface area contributed by atoms with Gasteiger partial charge in [-0.05, 0) is 12.5 Å². The maximum absolute atomic E-state index is 12.3. The van der Waals surface area contributed by atoms with E-state index in [9.17, 15) is 4.79 Å². The molecule has 2 heterocycles. The molecule has 2 rings (SSSR count). The van der Waals surface area contributed by atoms with Gasteiger partial charge in [-0.1, -0.05) is 18.5 Å². The lowest BCUT2D eigenvalue weighted by atomic mass is 10.2. The van der Waals surface area contributed by atoms with Gasteiger partial charge in [-0.15, -0.1) is 0 Å². The van der Waals surface area contributed by atoms with E-state index in [0.29, 0.717) is 30.3 Å². The van der Waals surface area contributed by atoms with Crippen LogP contribution >= 0.6 is 11.6 Å². The fourth-order valence-electron chi connectivity index (χ4n) is 1.90. The molecule has 0 saturated carbocycles. The number of carbonyl (C=O) groups is 1. The van der Waals surface area contributed by atoms with Crippen molar-refractivity contribution in [1.82, 2.24) is 9.88 Å². The largest absolute Gasteiger partial charge is 0.382 e. The standard InChI is InChI=1S/C12H16ClN3O2/c1-2-9-7-16(3-4-18-9)12(17)8-5-10(13)11(14)15-6-8/h5-6,9H,2-4,7H2,1H3,(H2,14,15). The number of carbonyl (C=O) groups excluding carboxylic acids is 1. The van der Waals surface area contributed by atoms with Crippen molar-refractivity contribution in [2.45, 2.75) is 19.4 Å². The van der Waals surface area contributed by atoms with Gasteiger partial charge in [0.25, 0.3) is 5.91 Å². The Morgan fingerprint density at radius 2 is 2.50 bits per heavy atom. The number of amides is 1. The molecule has 0 spiro atoms. The van der Waals surface area contributed by atoms with Crippen LogP contribution < -0.4 is 5.73 Å². The molecule has 0 radical (unpaired) electrons. The third-order valence-corrected chi connectivity index (χ3v) is 3.30. The van der Waals surface area contributed by atoms with Gasteiger partial charge in [0.2, 0.25) is 0 Å². The molecule has 18 heavy (non-hydrogen) atoms. The monoisotopic (exact) mass is 269 g/mol. The Morgan fingerprint density at radius 3 is 3.17 bits per heavy atom. The third kappa shape index (κ3) is 2.73. The van der Waals surface area contributed by atoms with Crippen LogP contribution in [0, 0.1) is 0 Å². The number of ether oxygens (including phenoxy) is 1. The second-order valence-corrected chi connectivity index (χ2v) is 4.65. The molecule has 6 heteroatoms. The summed E-state index contributed by atoms with van der Waals surface area (Å²) in [5.41, 5.74) is 5.99. The molecule has 5 nitrogen and oxygen atoms in total. The predicted octanol–water partition coefficient (Wildman–Crippen LogP) is 1.57. The molecule has 98 valence electrons. The minimum absolute atomic E-state index is 0.0776. The minimum atomic E-state index is -0.0776. The number of nitrogens with zero attached hydrogens (tertiary/aromatic N) is 2. The van der Waals surface area contributed by atoms with Gasteiger partial charge in [-0.3, -0.25) is 4.79 Å². The molecule has 1 aliphatic rings. The lowest BCUT2D eigenvalue weighted by Gasteiger charge is -2.32. The Morgan fingerprint density at radius 1 is 1.72 bits per heavy atom. The van der Waals surface area contributed by atoms with Gasteiger partial charge in [0.1, 0.15) is 5.82 Å². The molecule has 1 aromatic heterocycles. The van der Waals surface area contributed by atoms with Gasteiger partial charge in [0.15, 0.2) is 0 Å². The highest BCUT2D eigenvalue weighted by atomic mass is 35.5. The van der Waals surface area contributed by atoms with Crippen LogP contribution in [0.3, 0.4) is 0 Å². The van der Waals surface area contributed by atoms with Crippen molar-refractivity contribution in [3.63, 3.8) is 0 Å². The van der Waals surface area contributed by atoms with E-state index < -0.39 is 0 Å². The first-order valence-electron chi connectivity index (χ1n) is 5.93. The van der Waals surface area contributed by atoms with Gasteiger partial charge < -0.3 is 15.4 Å². The van der Waals surface area contributed by atoms with E-state index in [-0.39, 0.29) is 17.8 Å². The van der Waals surface area contributed by atoms with E-state index in [1.807, 2.05) is 6.92 Å². The van der Waals surface area contributed by atoms with Crippen LogP contribution in [0.2, 0.25) is 5.02 Å². The summed E-state index contributed by atoms with van der Waals surface area (Å²) in [4.78, 5) is 17.9. The highest BCUT2D eigenvalue weighted by molar-refractivity contribution is 6.33. The summed E-state index contributed by atoms with van der Waals surface area (Å²) in [6, 6.07) is 1.56. The fraction of sp³-hybridized carbons (Fsp3) is 0.500. The smallest absolute Gasteiger partial charge is 0.255 e. The number of nitrogen functional groups attached to an aromatic ring is 1. The number of hydrogen-bond acceptors (Lipinski definition) is 4. The van der Waals surface area contributed by atoms with Crippen molar-refractivity contribution in [3.8, 4) is 0 Å². The lowest BCUT2D eigenvalue weighted by molar-refractivity contribution is -0.0226. The van der Waals surface area contributed by atoms with Gasteiger partial charge in [0.05, 0.1) is 23.3 Å². The molecule has 1 unspecified atom stereocenters. The van der Waals surface area contributed by atoms with Crippen LogP contribution in [-0.4, -0.2) is 41.6 Å².